The maximum absolute atomic E-state index is 10.5. The number of thiophene rings is 2. The van der Waals surface area contributed by atoms with E-state index in [1.807, 2.05) is 17.5 Å². The SMILES string of the molecule is CN=C(NCc1csc(Br)c1)NCC(C)(O)c1cccs1.I. The van der Waals surface area contributed by atoms with E-state index < -0.39 is 5.60 Å². The summed E-state index contributed by atoms with van der Waals surface area (Å²) in [5.74, 6) is 0.675. The highest BCUT2D eigenvalue weighted by Crippen LogP contribution is 2.24. The van der Waals surface area contributed by atoms with Crippen molar-refractivity contribution in [2.75, 3.05) is 13.6 Å². The van der Waals surface area contributed by atoms with Crippen LogP contribution in [0.25, 0.3) is 0 Å². The number of hydrogen-bond acceptors (Lipinski definition) is 4. The summed E-state index contributed by atoms with van der Waals surface area (Å²) in [4.78, 5) is 5.11. The molecular formula is C14H19BrIN3OS2. The molecule has 0 aromatic carbocycles. The van der Waals surface area contributed by atoms with Gasteiger partial charge < -0.3 is 15.7 Å². The van der Waals surface area contributed by atoms with E-state index in [1.54, 1.807) is 36.6 Å². The summed E-state index contributed by atoms with van der Waals surface area (Å²) < 4.78 is 1.11. The lowest BCUT2D eigenvalue weighted by molar-refractivity contribution is 0.0655. The van der Waals surface area contributed by atoms with Crippen LogP contribution in [0.3, 0.4) is 0 Å². The lowest BCUT2D eigenvalue weighted by Crippen LogP contribution is -2.43. The third kappa shape index (κ3) is 5.80. The van der Waals surface area contributed by atoms with Crippen molar-refractivity contribution >= 4 is 68.5 Å². The van der Waals surface area contributed by atoms with Crippen LogP contribution in [0.15, 0.2) is 37.7 Å². The molecule has 0 fully saturated rings. The van der Waals surface area contributed by atoms with Gasteiger partial charge in [0, 0.05) is 18.5 Å². The van der Waals surface area contributed by atoms with Gasteiger partial charge in [0.05, 0.1) is 10.3 Å². The first-order valence-electron chi connectivity index (χ1n) is 6.45. The van der Waals surface area contributed by atoms with Gasteiger partial charge in [-0.3, -0.25) is 4.99 Å². The zero-order chi connectivity index (χ0) is 15.3. The molecule has 0 aliphatic carbocycles. The average Bonchev–Trinajstić information content (AvgIpc) is 3.10. The third-order valence-corrected chi connectivity index (χ3v) is 5.63. The van der Waals surface area contributed by atoms with Crippen LogP contribution in [-0.4, -0.2) is 24.7 Å². The summed E-state index contributed by atoms with van der Waals surface area (Å²) in [7, 11) is 1.72. The molecule has 0 amide bonds. The van der Waals surface area contributed by atoms with Crippen LogP contribution in [0.1, 0.15) is 17.4 Å². The second kappa shape index (κ2) is 9.21. The average molecular weight is 516 g/mol. The zero-order valence-electron chi connectivity index (χ0n) is 12.3. The van der Waals surface area contributed by atoms with Crippen LogP contribution >= 0.6 is 62.6 Å². The van der Waals surface area contributed by atoms with Crippen molar-refractivity contribution in [2.24, 2.45) is 4.99 Å². The van der Waals surface area contributed by atoms with Crippen LogP contribution in [0.5, 0.6) is 0 Å². The van der Waals surface area contributed by atoms with Gasteiger partial charge in [-0.25, -0.2) is 0 Å². The van der Waals surface area contributed by atoms with Crippen molar-refractivity contribution in [1.82, 2.24) is 10.6 Å². The molecule has 2 aromatic rings. The quantitative estimate of drug-likeness (QED) is 0.323. The van der Waals surface area contributed by atoms with Crippen LogP contribution < -0.4 is 10.6 Å². The molecule has 1 unspecified atom stereocenters. The van der Waals surface area contributed by atoms with E-state index in [2.05, 4.69) is 43.0 Å². The Morgan fingerprint density at radius 1 is 1.41 bits per heavy atom. The summed E-state index contributed by atoms with van der Waals surface area (Å²) in [5.41, 5.74) is 0.289. The third-order valence-electron chi connectivity index (χ3n) is 2.96. The normalized spacial score (nSPS) is 14.1. The van der Waals surface area contributed by atoms with E-state index in [0.29, 0.717) is 19.0 Å². The van der Waals surface area contributed by atoms with Crippen molar-refractivity contribution in [3.05, 3.63) is 43.2 Å². The molecule has 2 rings (SSSR count). The minimum atomic E-state index is -0.906. The van der Waals surface area contributed by atoms with Gasteiger partial charge in [0.15, 0.2) is 5.96 Å². The van der Waals surface area contributed by atoms with E-state index in [0.717, 1.165) is 8.66 Å². The standard InChI is InChI=1S/C14H18BrN3OS2.HI/c1-14(19,11-4-3-5-20-11)9-18-13(16-2)17-7-10-6-12(15)21-8-10;/h3-6,8,19H,7,9H2,1-2H3,(H2,16,17,18);1H. The summed E-state index contributed by atoms with van der Waals surface area (Å²) in [6.07, 6.45) is 0. The maximum atomic E-state index is 10.5. The summed E-state index contributed by atoms with van der Waals surface area (Å²) in [6.45, 7) is 2.90. The van der Waals surface area contributed by atoms with Gasteiger partial charge in [0.25, 0.3) is 0 Å². The number of guanidine groups is 1. The Balaban J connectivity index is 0.00000242. The van der Waals surface area contributed by atoms with Gasteiger partial charge in [-0.2, -0.15) is 0 Å². The first-order valence-corrected chi connectivity index (χ1v) is 9.00. The highest BCUT2D eigenvalue weighted by atomic mass is 127. The summed E-state index contributed by atoms with van der Waals surface area (Å²) in [6, 6.07) is 5.95. The summed E-state index contributed by atoms with van der Waals surface area (Å²) >= 11 is 6.65. The number of aliphatic imine (C=N–C) groups is 1. The molecule has 2 heterocycles. The molecule has 8 heteroatoms. The van der Waals surface area contributed by atoms with Gasteiger partial charge >= 0.3 is 0 Å². The van der Waals surface area contributed by atoms with E-state index in [-0.39, 0.29) is 24.0 Å². The van der Waals surface area contributed by atoms with Crippen molar-refractivity contribution < 1.29 is 5.11 Å². The van der Waals surface area contributed by atoms with Crippen LogP contribution in [0, 0.1) is 0 Å². The Kier molecular flexibility index (Phi) is 8.33. The predicted molar refractivity (Wildman–Crippen MR) is 110 cm³/mol. The van der Waals surface area contributed by atoms with Crippen LogP contribution in [0.4, 0.5) is 0 Å². The molecule has 0 bridgehead atoms. The minimum absolute atomic E-state index is 0. The number of aliphatic hydroxyl groups is 1. The van der Waals surface area contributed by atoms with E-state index in [4.69, 9.17) is 0 Å². The van der Waals surface area contributed by atoms with Gasteiger partial charge in [-0.15, -0.1) is 46.7 Å². The van der Waals surface area contributed by atoms with Crippen LogP contribution in [-0.2, 0) is 12.1 Å². The molecule has 3 N–H and O–H groups in total. The van der Waals surface area contributed by atoms with Gasteiger partial charge in [-0.1, -0.05) is 6.07 Å². The second-order valence-corrected chi connectivity index (χ2v) is 8.03. The molecule has 2 aromatic heterocycles. The minimum Gasteiger partial charge on any atom is -0.383 e. The molecule has 4 nitrogen and oxygen atoms in total. The molecule has 0 aliphatic rings. The Labute approximate surface area is 164 Å². The number of nitrogens with one attached hydrogen (secondary N) is 2. The molecule has 0 spiro atoms. The fourth-order valence-electron chi connectivity index (χ4n) is 1.77. The fraction of sp³-hybridized carbons (Fsp3) is 0.357. The first-order chi connectivity index (χ1) is 10.0. The molecular weight excluding hydrogens is 497 g/mol. The Hall–Kier alpha value is -0.160. The second-order valence-electron chi connectivity index (χ2n) is 4.79. The van der Waals surface area contributed by atoms with Crippen LogP contribution in [0.2, 0.25) is 0 Å². The van der Waals surface area contributed by atoms with E-state index in [9.17, 15) is 5.11 Å². The van der Waals surface area contributed by atoms with E-state index >= 15 is 0 Å². The smallest absolute Gasteiger partial charge is 0.191 e. The highest BCUT2D eigenvalue weighted by Gasteiger charge is 2.24. The molecule has 0 aliphatic heterocycles. The topological polar surface area (TPSA) is 56.7 Å². The van der Waals surface area contributed by atoms with Crippen molar-refractivity contribution in [3.63, 3.8) is 0 Å². The fourth-order valence-corrected chi connectivity index (χ4v) is 3.77. The number of halogens is 2. The Morgan fingerprint density at radius 3 is 2.73 bits per heavy atom. The number of hydrogen-bond donors (Lipinski definition) is 3. The molecule has 1 atom stereocenters. The monoisotopic (exact) mass is 515 g/mol. The number of rotatable bonds is 5. The Bertz CT molecular complexity index is 599. The van der Waals surface area contributed by atoms with Gasteiger partial charge in [-0.05, 0) is 51.3 Å². The molecule has 0 saturated carbocycles. The highest BCUT2D eigenvalue weighted by molar-refractivity contribution is 14.0. The van der Waals surface area contributed by atoms with Gasteiger partial charge in [0.2, 0.25) is 0 Å². The lowest BCUT2D eigenvalue weighted by Gasteiger charge is -2.23. The van der Waals surface area contributed by atoms with E-state index in [1.165, 1.54) is 5.56 Å². The molecule has 0 radical (unpaired) electrons. The maximum Gasteiger partial charge on any atom is 0.191 e. The molecule has 122 valence electrons. The largest absolute Gasteiger partial charge is 0.383 e. The van der Waals surface area contributed by atoms with Gasteiger partial charge in [0.1, 0.15) is 5.60 Å². The van der Waals surface area contributed by atoms with Crippen molar-refractivity contribution in [2.45, 2.75) is 19.1 Å². The Morgan fingerprint density at radius 2 is 2.18 bits per heavy atom. The van der Waals surface area contributed by atoms with Crippen molar-refractivity contribution in [1.29, 1.82) is 0 Å². The first kappa shape index (κ1) is 19.9. The lowest BCUT2D eigenvalue weighted by atomic mass is 10.1. The zero-order valence-corrected chi connectivity index (χ0v) is 17.8. The van der Waals surface area contributed by atoms with Crippen molar-refractivity contribution in [3.8, 4) is 0 Å². The predicted octanol–water partition coefficient (Wildman–Crippen LogP) is 3.76. The summed E-state index contributed by atoms with van der Waals surface area (Å²) in [5, 5.41) is 20.9. The molecule has 0 saturated heterocycles. The number of nitrogens with zero attached hydrogens (tertiary/aromatic N) is 1. The molecule has 22 heavy (non-hydrogen) atoms.